The van der Waals surface area contributed by atoms with Crippen LogP contribution >= 0.6 is 11.3 Å². The Hall–Kier alpha value is -3.91. The number of thiazole rings is 1. The molecule has 3 aromatic carbocycles. The van der Waals surface area contributed by atoms with Crippen molar-refractivity contribution < 1.29 is 19.1 Å². The minimum atomic E-state index is -0.293. The largest absolute Gasteiger partial charge is 0.497 e. The third-order valence-corrected chi connectivity index (χ3v) is 5.45. The number of anilines is 2. The average molecular weight is 433 g/mol. The number of fused-ring (bicyclic) bond motifs is 1. The Labute approximate surface area is 182 Å². The number of ether oxygens (including phenoxy) is 2. The van der Waals surface area contributed by atoms with Crippen LogP contribution in [0.1, 0.15) is 20.7 Å². The zero-order chi connectivity index (χ0) is 21.8. The predicted octanol–water partition coefficient (Wildman–Crippen LogP) is 4.82. The molecule has 1 heterocycles. The number of hydrogen-bond acceptors (Lipinski definition) is 6. The highest BCUT2D eigenvalue weighted by atomic mass is 32.1. The highest BCUT2D eigenvalue weighted by molar-refractivity contribution is 7.22. The molecular formula is C23H19N3O4S. The first-order valence-corrected chi connectivity index (χ1v) is 10.2. The van der Waals surface area contributed by atoms with Gasteiger partial charge in [-0.2, -0.15) is 0 Å². The molecule has 0 bridgehead atoms. The fourth-order valence-electron chi connectivity index (χ4n) is 2.96. The molecule has 4 aromatic rings. The lowest BCUT2D eigenvalue weighted by Gasteiger charge is -2.09. The van der Waals surface area contributed by atoms with Gasteiger partial charge in [-0.25, -0.2) is 4.98 Å². The SMILES string of the molecule is COc1cc(OC)cc(C(=O)Nc2ccc3nc(NC(=O)c4ccccc4)sc3c2)c1. The van der Waals surface area contributed by atoms with Crippen molar-refractivity contribution in [1.29, 1.82) is 0 Å². The number of carbonyl (C=O) groups excluding carboxylic acids is 2. The summed E-state index contributed by atoms with van der Waals surface area (Å²) < 4.78 is 11.3. The molecule has 0 atom stereocenters. The van der Waals surface area contributed by atoms with E-state index in [4.69, 9.17) is 9.47 Å². The van der Waals surface area contributed by atoms with Crippen LogP contribution in [0.15, 0.2) is 66.7 Å². The van der Waals surface area contributed by atoms with E-state index in [1.165, 1.54) is 25.6 Å². The van der Waals surface area contributed by atoms with E-state index < -0.39 is 0 Å². The molecule has 0 radical (unpaired) electrons. The number of amides is 2. The molecule has 2 N–H and O–H groups in total. The van der Waals surface area contributed by atoms with Crippen LogP contribution in [-0.4, -0.2) is 31.0 Å². The minimum Gasteiger partial charge on any atom is -0.497 e. The molecule has 0 fully saturated rings. The van der Waals surface area contributed by atoms with E-state index in [2.05, 4.69) is 15.6 Å². The van der Waals surface area contributed by atoms with Gasteiger partial charge in [-0.05, 0) is 42.5 Å². The van der Waals surface area contributed by atoms with Crippen molar-refractivity contribution >= 4 is 44.2 Å². The molecule has 7 nitrogen and oxygen atoms in total. The Morgan fingerprint density at radius 1 is 0.806 bits per heavy atom. The van der Waals surface area contributed by atoms with Crippen molar-refractivity contribution in [3.05, 3.63) is 77.9 Å². The second-order valence-electron chi connectivity index (χ2n) is 6.58. The topological polar surface area (TPSA) is 89.6 Å². The van der Waals surface area contributed by atoms with E-state index in [1.807, 2.05) is 12.1 Å². The van der Waals surface area contributed by atoms with Crippen LogP contribution in [0.25, 0.3) is 10.2 Å². The summed E-state index contributed by atoms with van der Waals surface area (Å²) in [7, 11) is 3.06. The molecule has 31 heavy (non-hydrogen) atoms. The quantitative estimate of drug-likeness (QED) is 0.455. The maximum Gasteiger partial charge on any atom is 0.257 e. The molecule has 0 aliphatic carbocycles. The van der Waals surface area contributed by atoms with Gasteiger partial charge in [-0.15, -0.1) is 0 Å². The minimum absolute atomic E-state index is 0.222. The average Bonchev–Trinajstić information content (AvgIpc) is 3.20. The summed E-state index contributed by atoms with van der Waals surface area (Å²) in [6.45, 7) is 0. The molecule has 1 aromatic heterocycles. The Balaban J connectivity index is 1.52. The smallest absolute Gasteiger partial charge is 0.257 e. The fourth-order valence-corrected chi connectivity index (χ4v) is 3.86. The van der Waals surface area contributed by atoms with Crippen molar-refractivity contribution in [3.63, 3.8) is 0 Å². The summed E-state index contributed by atoms with van der Waals surface area (Å²) in [6.07, 6.45) is 0. The normalized spacial score (nSPS) is 10.5. The third-order valence-electron chi connectivity index (χ3n) is 4.52. The van der Waals surface area contributed by atoms with Crippen molar-refractivity contribution in [2.75, 3.05) is 24.9 Å². The van der Waals surface area contributed by atoms with E-state index in [0.717, 1.165) is 10.2 Å². The van der Waals surface area contributed by atoms with Gasteiger partial charge in [0.15, 0.2) is 5.13 Å². The lowest BCUT2D eigenvalue weighted by atomic mass is 10.1. The van der Waals surface area contributed by atoms with Gasteiger partial charge in [0.25, 0.3) is 11.8 Å². The molecule has 8 heteroatoms. The van der Waals surface area contributed by atoms with E-state index in [0.29, 0.717) is 33.4 Å². The van der Waals surface area contributed by atoms with E-state index in [1.54, 1.807) is 54.6 Å². The highest BCUT2D eigenvalue weighted by Crippen LogP contribution is 2.29. The van der Waals surface area contributed by atoms with Crippen LogP contribution in [0.2, 0.25) is 0 Å². The zero-order valence-corrected chi connectivity index (χ0v) is 17.7. The van der Waals surface area contributed by atoms with E-state index in [9.17, 15) is 9.59 Å². The van der Waals surface area contributed by atoms with Gasteiger partial charge in [-0.3, -0.25) is 14.9 Å². The number of nitrogens with one attached hydrogen (secondary N) is 2. The number of hydrogen-bond donors (Lipinski definition) is 2. The van der Waals surface area contributed by atoms with Gasteiger partial charge < -0.3 is 14.8 Å². The maximum absolute atomic E-state index is 12.7. The van der Waals surface area contributed by atoms with Gasteiger partial charge in [0, 0.05) is 22.9 Å². The highest BCUT2D eigenvalue weighted by Gasteiger charge is 2.13. The second kappa shape index (κ2) is 8.85. The van der Waals surface area contributed by atoms with Crippen LogP contribution in [-0.2, 0) is 0 Å². The first-order valence-electron chi connectivity index (χ1n) is 9.37. The molecule has 4 rings (SSSR count). The van der Waals surface area contributed by atoms with Crippen LogP contribution in [0.5, 0.6) is 11.5 Å². The first-order chi connectivity index (χ1) is 15.1. The summed E-state index contributed by atoms with van der Waals surface area (Å²) in [5, 5.41) is 6.17. The molecule has 0 saturated carbocycles. The lowest BCUT2D eigenvalue weighted by molar-refractivity contribution is 0.101. The molecule has 0 aliphatic rings. The first kappa shape index (κ1) is 20.4. The Kier molecular flexibility index (Phi) is 5.81. The number of benzene rings is 3. The predicted molar refractivity (Wildman–Crippen MR) is 122 cm³/mol. The maximum atomic E-state index is 12.7. The Morgan fingerprint density at radius 3 is 2.16 bits per heavy atom. The van der Waals surface area contributed by atoms with Crippen molar-refractivity contribution in [3.8, 4) is 11.5 Å². The zero-order valence-electron chi connectivity index (χ0n) is 16.8. The third kappa shape index (κ3) is 4.65. The summed E-state index contributed by atoms with van der Waals surface area (Å²) >= 11 is 1.34. The number of aromatic nitrogens is 1. The number of rotatable bonds is 6. The number of methoxy groups -OCH3 is 2. The Bertz CT molecular complexity index is 1230. The van der Waals surface area contributed by atoms with Gasteiger partial charge >= 0.3 is 0 Å². The van der Waals surface area contributed by atoms with Crippen LogP contribution < -0.4 is 20.1 Å². The van der Waals surface area contributed by atoms with E-state index >= 15 is 0 Å². The standard InChI is InChI=1S/C23H19N3O4S/c1-29-17-10-15(11-18(13-17)30-2)22(28)24-16-8-9-19-20(12-16)31-23(25-19)26-21(27)14-6-4-3-5-7-14/h3-13H,1-2H3,(H,24,28)(H,25,26,27). The van der Waals surface area contributed by atoms with Gasteiger partial charge in [0.2, 0.25) is 0 Å². The summed E-state index contributed by atoms with van der Waals surface area (Å²) in [5.41, 5.74) is 2.32. The van der Waals surface area contributed by atoms with Crippen LogP contribution in [0.4, 0.5) is 10.8 Å². The van der Waals surface area contributed by atoms with Crippen LogP contribution in [0.3, 0.4) is 0 Å². The molecule has 0 spiro atoms. The van der Waals surface area contributed by atoms with Gasteiger partial charge in [0.1, 0.15) is 11.5 Å². The molecule has 156 valence electrons. The van der Waals surface area contributed by atoms with Crippen molar-refractivity contribution in [2.45, 2.75) is 0 Å². The summed E-state index contributed by atoms with van der Waals surface area (Å²) in [6, 6.07) is 19.3. The molecular weight excluding hydrogens is 414 g/mol. The monoisotopic (exact) mass is 433 g/mol. The van der Waals surface area contributed by atoms with Crippen molar-refractivity contribution in [2.24, 2.45) is 0 Å². The molecule has 2 amide bonds. The molecule has 0 saturated heterocycles. The molecule has 0 aliphatic heterocycles. The Morgan fingerprint density at radius 2 is 1.48 bits per heavy atom. The summed E-state index contributed by atoms with van der Waals surface area (Å²) in [5.74, 6) is 0.543. The van der Waals surface area contributed by atoms with Crippen molar-refractivity contribution in [1.82, 2.24) is 4.98 Å². The lowest BCUT2D eigenvalue weighted by Crippen LogP contribution is -2.12. The molecule has 0 unspecified atom stereocenters. The number of carbonyl (C=O) groups is 2. The number of nitrogens with zero attached hydrogens (tertiary/aromatic N) is 1. The van der Waals surface area contributed by atoms with Gasteiger partial charge in [-0.1, -0.05) is 29.5 Å². The fraction of sp³-hybridized carbons (Fsp3) is 0.0870. The van der Waals surface area contributed by atoms with Crippen LogP contribution in [0, 0.1) is 0 Å². The van der Waals surface area contributed by atoms with Gasteiger partial charge in [0.05, 0.1) is 24.4 Å². The summed E-state index contributed by atoms with van der Waals surface area (Å²) in [4.78, 5) is 29.5. The van der Waals surface area contributed by atoms with E-state index in [-0.39, 0.29) is 11.8 Å². The second-order valence-corrected chi connectivity index (χ2v) is 7.61.